The van der Waals surface area contributed by atoms with E-state index >= 15 is 0 Å². The minimum atomic E-state index is -0.0786. The number of carbonyl (C=O) groups is 1. The maximum Gasteiger partial charge on any atom is 0.263 e. The molecule has 2 aromatic rings. The fourth-order valence-corrected chi connectivity index (χ4v) is 3.13. The van der Waals surface area contributed by atoms with Gasteiger partial charge in [0.1, 0.15) is 9.88 Å². The Balaban J connectivity index is 2.16. The molecule has 0 aliphatic rings. The summed E-state index contributed by atoms with van der Waals surface area (Å²) in [5, 5.41) is 4.33. The number of likely N-dealkylation sites (N-methyl/N-ethyl adjacent to an activating group) is 1. The number of carbonyl (C=O) groups excluding carboxylic acids is 1. The van der Waals surface area contributed by atoms with Crippen LogP contribution in [0.2, 0.25) is 5.02 Å². The minimum absolute atomic E-state index is 0.0786. The number of aromatic nitrogens is 1. The number of amides is 1. The summed E-state index contributed by atoms with van der Waals surface area (Å²) in [6.45, 7) is 3.27. The number of thiazole rings is 1. The van der Waals surface area contributed by atoms with Gasteiger partial charge < -0.3 is 10.2 Å². The van der Waals surface area contributed by atoms with Crippen LogP contribution in [0.15, 0.2) is 24.3 Å². The van der Waals surface area contributed by atoms with Crippen LogP contribution >= 0.6 is 22.9 Å². The van der Waals surface area contributed by atoms with E-state index in [0.29, 0.717) is 16.4 Å². The standard InChI is InChI=1S/C15H18ClN3OS/c1-10-13(14(20)17-8-9-19(2)3)21-15(18-10)11-6-4-5-7-12(11)16/h4-7H,8-9H2,1-3H3,(H,17,20). The molecule has 1 amide bonds. The van der Waals surface area contributed by atoms with Crippen LogP contribution in [0.4, 0.5) is 0 Å². The molecular formula is C15H18ClN3OS. The SMILES string of the molecule is Cc1nc(-c2ccccc2Cl)sc1C(=O)NCCN(C)C. The minimum Gasteiger partial charge on any atom is -0.350 e. The summed E-state index contributed by atoms with van der Waals surface area (Å²) < 4.78 is 0. The van der Waals surface area contributed by atoms with Crippen molar-refractivity contribution in [1.29, 1.82) is 0 Å². The molecule has 112 valence electrons. The summed E-state index contributed by atoms with van der Waals surface area (Å²) in [5.41, 5.74) is 1.59. The topological polar surface area (TPSA) is 45.2 Å². The summed E-state index contributed by atoms with van der Waals surface area (Å²) in [4.78, 5) is 19.3. The van der Waals surface area contributed by atoms with Crippen LogP contribution in [0.5, 0.6) is 0 Å². The predicted octanol–water partition coefficient (Wildman–Crippen LogP) is 3.06. The molecule has 0 aliphatic heterocycles. The van der Waals surface area contributed by atoms with Gasteiger partial charge in [-0.1, -0.05) is 29.8 Å². The molecule has 1 aromatic heterocycles. The highest BCUT2D eigenvalue weighted by Crippen LogP contribution is 2.32. The van der Waals surface area contributed by atoms with E-state index in [9.17, 15) is 4.79 Å². The highest BCUT2D eigenvalue weighted by Gasteiger charge is 2.17. The molecule has 0 atom stereocenters. The maximum absolute atomic E-state index is 12.2. The van der Waals surface area contributed by atoms with Crippen molar-refractivity contribution in [2.24, 2.45) is 0 Å². The van der Waals surface area contributed by atoms with Gasteiger partial charge in [-0.15, -0.1) is 11.3 Å². The first-order chi connectivity index (χ1) is 9.99. The molecule has 21 heavy (non-hydrogen) atoms. The lowest BCUT2D eigenvalue weighted by Gasteiger charge is -2.09. The molecule has 2 rings (SSSR count). The van der Waals surface area contributed by atoms with Crippen LogP contribution in [-0.4, -0.2) is 43.0 Å². The first-order valence-corrected chi connectivity index (χ1v) is 7.83. The fraction of sp³-hybridized carbons (Fsp3) is 0.333. The van der Waals surface area contributed by atoms with Crippen molar-refractivity contribution in [3.05, 3.63) is 39.9 Å². The molecule has 0 saturated heterocycles. The van der Waals surface area contributed by atoms with Gasteiger partial charge in [0.15, 0.2) is 0 Å². The van der Waals surface area contributed by atoms with Crippen molar-refractivity contribution < 1.29 is 4.79 Å². The van der Waals surface area contributed by atoms with Crippen molar-refractivity contribution >= 4 is 28.8 Å². The number of rotatable bonds is 5. The van der Waals surface area contributed by atoms with E-state index in [1.54, 1.807) is 0 Å². The molecule has 1 N–H and O–H groups in total. The molecule has 1 heterocycles. The molecule has 0 saturated carbocycles. The van der Waals surface area contributed by atoms with Gasteiger partial charge in [0, 0.05) is 18.7 Å². The summed E-state index contributed by atoms with van der Waals surface area (Å²) in [6, 6.07) is 7.52. The van der Waals surface area contributed by atoms with E-state index in [1.165, 1.54) is 11.3 Å². The summed E-state index contributed by atoms with van der Waals surface area (Å²) >= 11 is 7.55. The van der Waals surface area contributed by atoms with Crippen LogP contribution in [-0.2, 0) is 0 Å². The van der Waals surface area contributed by atoms with Gasteiger partial charge in [-0.25, -0.2) is 4.98 Å². The van der Waals surface area contributed by atoms with E-state index in [-0.39, 0.29) is 5.91 Å². The lowest BCUT2D eigenvalue weighted by Crippen LogP contribution is -2.31. The average Bonchev–Trinajstić information content (AvgIpc) is 2.80. The maximum atomic E-state index is 12.2. The largest absolute Gasteiger partial charge is 0.350 e. The molecule has 0 unspecified atom stereocenters. The van der Waals surface area contributed by atoms with Crippen molar-refractivity contribution in [3.63, 3.8) is 0 Å². The number of benzene rings is 1. The highest BCUT2D eigenvalue weighted by atomic mass is 35.5. The van der Waals surface area contributed by atoms with Crippen LogP contribution in [0.25, 0.3) is 10.6 Å². The summed E-state index contributed by atoms with van der Waals surface area (Å²) in [6.07, 6.45) is 0. The summed E-state index contributed by atoms with van der Waals surface area (Å²) in [5.74, 6) is -0.0786. The average molecular weight is 324 g/mol. The number of halogens is 1. The molecule has 0 bridgehead atoms. The first-order valence-electron chi connectivity index (χ1n) is 6.64. The zero-order valence-corrected chi connectivity index (χ0v) is 13.9. The lowest BCUT2D eigenvalue weighted by atomic mass is 10.2. The predicted molar refractivity (Wildman–Crippen MR) is 88.2 cm³/mol. The van der Waals surface area contributed by atoms with Gasteiger partial charge >= 0.3 is 0 Å². The van der Waals surface area contributed by atoms with Gasteiger partial charge in [-0.3, -0.25) is 4.79 Å². The van der Waals surface area contributed by atoms with Gasteiger partial charge in [-0.05, 0) is 27.1 Å². The molecule has 0 spiro atoms. The monoisotopic (exact) mass is 323 g/mol. The van der Waals surface area contributed by atoms with Crippen molar-refractivity contribution in [2.75, 3.05) is 27.2 Å². The number of aryl methyl sites for hydroxylation is 1. The molecule has 0 aliphatic carbocycles. The second kappa shape index (κ2) is 7.02. The van der Waals surface area contributed by atoms with E-state index in [2.05, 4.69) is 10.3 Å². The van der Waals surface area contributed by atoms with Crippen molar-refractivity contribution in [2.45, 2.75) is 6.92 Å². The lowest BCUT2D eigenvalue weighted by molar-refractivity contribution is 0.0954. The number of hydrogen-bond acceptors (Lipinski definition) is 4. The Kier molecular flexibility index (Phi) is 5.33. The Morgan fingerprint density at radius 3 is 2.76 bits per heavy atom. The van der Waals surface area contributed by atoms with Gasteiger partial charge in [0.25, 0.3) is 5.91 Å². The van der Waals surface area contributed by atoms with Crippen LogP contribution < -0.4 is 5.32 Å². The molecule has 0 fully saturated rings. The Bertz CT molecular complexity index is 640. The number of nitrogens with one attached hydrogen (secondary N) is 1. The molecule has 1 aromatic carbocycles. The first kappa shape index (κ1) is 15.9. The quantitative estimate of drug-likeness (QED) is 0.919. The molecular weight excluding hydrogens is 306 g/mol. The smallest absolute Gasteiger partial charge is 0.263 e. The van der Waals surface area contributed by atoms with Crippen molar-refractivity contribution in [1.82, 2.24) is 15.2 Å². The second-order valence-electron chi connectivity index (χ2n) is 4.97. The molecule has 4 nitrogen and oxygen atoms in total. The fourth-order valence-electron chi connectivity index (χ4n) is 1.83. The Labute approximate surface area is 133 Å². The third kappa shape index (κ3) is 4.03. The zero-order valence-electron chi connectivity index (χ0n) is 12.3. The van der Waals surface area contributed by atoms with E-state index in [0.717, 1.165) is 22.8 Å². The van der Waals surface area contributed by atoms with Gasteiger partial charge in [0.2, 0.25) is 0 Å². The van der Waals surface area contributed by atoms with Gasteiger partial charge in [-0.2, -0.15) is 0 Å². The van der Waals surface area contributed by atoms with Crippen LogP contribution in [0.3, 0.4) is 0 Å². The summed E-state index contributed by atoms with van der Waals surface area (Å²) in [7, 11) is 3.94. The van der Waals surface area contributed by atoms with Gasteiger partial charge in [0.05, 0.1) is 10.7 Å². The third-order valence-corrected chi connectivity index (χ3v) is 4.47. The number of hydrogen-bond donors (Lipinski definition) is 1. The third-order valence-electron chi connectivity index (χ3n) is 2.95. The Hall–Kier alpha value is -1.43. The Morgan fingerprint density at radius 1 is 1.38 bits per heavy atom. The number of nitrogens with zero attached hydrogens (tertiary/aromatic N) is 2. The Morgan fingerprint density at radius 2 is 2.10 bits per heavy atom. The van der Waals surface area contributed by atoms with Crippen LogP contribution in [0.1, 0.15) is 15.4 Å². The highest BCUT2D eigenvalue weighted by molar-refractivity contribution is 7.17. The van der Waals surface area contributed by atoms with E-state index in [4.69, 9.17) is 11.6 Å². The zero-order chi connectivity index (χ0) is 15.4. The van der Waals surface area contributed by atoms with Crippen molar-refractivity contribution in [3.8, 4) is 10.6 Å². The molecule has 0 radical (unpaired) electrons. The van der Waals surface area contributed by atoms with E-state index < -0.39 is 0 Å². The van der Waals surface area contributed by atoms with Crippen LogP contribution in [0, 0.1) is 6.92 Å². The normalized spacial score (nSPS) is 10.9. The van der Waals surface area contributed by atoms with E-state index in [1.807, 2.05) is 50.2 Å². The molecule has 6 heteroatoms. The second-order valence-corrected chi connectivity index (χ2v) is 6.38.